The summed E-state index contributed by atoms with van der Waals surface area (Å²) in [4.78, 5) is -1.18. The maximum absolute atomic E-state index is 12.1. The van der Waals surface area contributed by atoms with Crippen molar-refractivity contribution in [3.63, 3.8) is 0 Å². The molecule has 0 heterocycles. The van der Waals surface area contributed by atoms with E-state index in [1.165, 1.54) is 24.3 Å². The summed E-state index contributed by atoms with van der Waals surface area (Å²) in [6, 6.07) is 8.80. The molecule has 0 amide bonds. The van der Waals surface area contributed by atoms with Crippen LogP contribution >= 0.6 is 23.2 Å². The van der Waals surface area contributed by atoms with Gasteiger partial charge in [-0.25, -0.2) is 8.42 Å². The van der Waals surface area contributed by atoms with Crippen LogP contribution in [0.4, 0.5) is 0 Å². The second-order valence-electron chi connectivity index (χ2n) is 4.02. The predicted octanol–water partition coefficient (Wildman–Crippen LogP) is 2.67. The zero-order valence-corrected chi connectivity index (χ0v) is 13.7. The minimum atomic E-state index is -5.04. The van der Waals surface area contributed by atoms with Crippen molar-refractivity contribution >= 4 is 43.4 Å². The summed E-state index contributed by atoms with van der Waals surface area (Å²) in [6.07, 6.45) is 0. The molecule has 118 valence electrons. The third kappa shape index (κ3) is 3.71. The van der Waals surface area contributed by atoms with Crippen molar-refractivity contribution in [2.45, 2.75) is 9.79 Å². The highest BCUT2D eigenvalue weighted by Gasteiger charge is 2.23. The summed E-state index contributed by atoms with van der Waals surface area (Å²) in [5, 5.41) is -0.565. The Morgan fingerprint density at radius 2 is 1.55 bits per heavy atom. The highest BCUT2D eigenvalue weighted by Crippen LogP contribution is 2.37. The number of hydrogen-bond donors (Lipinski definition) is 0. The normalized spacial score (nSPS) is 12.1. The Hall–Kier alpha value is -1.32. The Morgan fingerprint density at radius 1 is 0.955 bits per heavy atom. The van der Waals surface area contributed by atoms with Gasteiger partial charge in [-0.15, -0.1) is 0 Å². The van der Waals surface area contributed by atoms with Crippen LogP contribution in [-0.4, -0.2) is 21.4 Å². The van der Waals surface area contributed by atoms with E-state index in [2.05, 4.69) is 0 Å². The van der Waals surface area contributed by atoms with Gasteiger partial charge in [-0.3, -0.25) is 0 Å². The molecule has 10 heteroatoms. The molecule has 0 saturated carbocycles. The zero-order valence-electron chi connectivity index (χ0n) is 10.6. The lowest BCUT2D eigenvalue weighted by atomic mass is 10.3. The molecule has 0 unspecified atom stereocenters. The summed E-state index contributed by atoms with van der Waals surface area (Å²) in [6.45, 7) is 0. The molecule has 0 aliphatic heterocycles. The van der Waals surface area contributed by atoms with Gasteiger partial charge in [0.05, 0.1) is 5.02 Å². The van der Waals surface area contributed by atoms with Crippen molar-refractivity contribution in [2.75, 3.05) is 0 Å². The molecular formula is C12H7Cl2O6S2-. The molecule has 0 fully saturated rings. The van der Waals surface area contributed by atoms with Gasteiger partial charge in [0.25, 0.3) is 0 Å². The van der Waals surface area contributed by atoms with Crippen LogP contribution in [-0.2, 0) is 20.2 Å². The first-order valence-corrected chi connectivity index (χ1v) is 9.13. The molecule has 0 bridgehead atoms. The van der Waals surface area contributed by atoms with E-state index in [-0.39, 0.29) is 9.92 Å². The minimum absolute atomic E-state index is 0.149. The van der Waals surface area contributed by atoms with E-state index in [1.54, 1.807) is 6.07 Å². The predicted molar refractivity (Wildman–Crippen MR) is 78.7 cm³/mol. The van der Waals surface area contributed by atoms with Crippen molar-refractivity contribution in [2.24, 2.45) is 0 Å². The first-order chi connectivity index (χ1) is 10.1. The van der Waals surface area contributed by atoms with Crippen molar-refractivity contribution < 1.29 is 25.6 Å². The topological polar surface area (TPSA) is 101 Å². The fourth-order valence-electron chi connectivity index (χ4n) is 1.55. The second kappa shape index (κ2) is 6.05. The van der Waals surface area contributed by atoms with Crippen LogP contribution in [0, 0.1) is 0 Å². The van der Waals surface area contributed by atoms with E-state index in [0.29, 0.717) is 0 Å². The summed E-state index contributed by atoms with van der Waals surface area (Å²) in [5.41, 5.74) is 0. The number of halogens is 2. The number of rotatable bonds is 4. The van der Waals surface area contributed by atoms with E-state index in [4.69, 9.17) is 27.4 Å². The molecule has 2 aromatic rings. The van der Waals surface area contributed by atoms with Gasteiger partial charge >= 0.3 is 10.1 Å². The van der Waals surface area contributed by atoms with Crippen molar-refractivity contribution in [3.8, 4) is 5.75 Å². The smallest absolute Gasteiger partial charge is 0.339 e. The standard InChI is InChI=1S/C12H8Cl2O6S2/c13-8-6-10(14)12(11(7-8)21(15,16)17)20-22(18,19)9-4-2-1-3-5-9/h1-7H,(H,15,16,17)/p-1. The Morgan fingerprint density at radius 3 is 2.09 bits per heavy atom. The SMILES string of the molecule is O=S(=O)([O-])c1cc(Cl)cc(Cl)c1OS(=O)(=O)c1ccccc1. The van der Waals surface area contributed by atoms with E-state index in [9.17, 15) is 21.4 Å². The molecule has 22 heavy (non-hydrogen) atoms. The van der Waals surface area contributed by atoms with Crippen molar-refractivity contribution in [1.29, 1.82) is 0 Å². The highest BCUT2D eigenvalue weighted by atomic mass is 35.5. The molecular weight excluding hydrogens is 375 g/mol. The molecule has 6 nitrogen and oxygen atoms in total. The van der Waals surface area contributed by atoms with E-state index in [1.807, 2.05) is 0 Å². The van der Waals surface area contributed by atoms with Gasteiger partial charge in [-0.1, -0.05) is 41.4 Å². The second-order valence-corrected chi connectivity index (χ2v) is 7.76. The highest BCUT2D eigenvalue weighted by molar-refractivity contribution is 7.87. The van der Waals surface area contributed by atoms with Gasteiger partial charge in [0.1, 0.15) is 19.9 Å². The molecule has 0 radical (unpaired) electrons. The molecule has 0 aliphatic rings. The average Bonchev–Trinajstić information content (AvgIpc) is 2.41. The lowest BCUT2D eigenvalue weighted by molar-refractivity contribution is 0.451. The van der Waals surface area contributed by atoms with E-state index < -0.39 is 35.9 Å². The third-order valence-corrected chi connectivity index (χ3v) is 5.05. The third-order valence-electron chi connectivity index (χ3n) is 2.47. The molecule has 0 saturated heterocycles. The molecule has 0 N–H and O–H groups in total. The van der Waals surface area contributed by atoms with Gasteiger partial charge in [0.2, 0.25) is 0 Å². The fraction of sp³-hybridized carbons (Fsp3) is 0. The van der Waals surface area contributed by atoms with Crippen LogP contribution in [0.5, 0.6) is 5.75 Å². The van der Waals surface area contributed by atoms with Gasteiger partial charge in [-0.2, -0.15) is 8.42 Å². The van der Waals surface area contributed by atoms with Crippen molar-refractivity contribution in [3.05, 3.63) is 52.5 Å². The number of benzene rings is 2. The van der Waals surface area contributed by atoms with Gasteiger partial charge in [0.15, 0.2) is 5.75 Å². The largest absolute Gasteiger partial charge is 0.744 e. The quantitative estimate of drug-likeness (QED) is 0.595. The average molecular weight is 382 g/mol. The molecule has 0 spiro atoms. The van der Waals surface area contributed by atoms with E-state index >= 15 is 0 Å². The zero-order chi connectivity index (χ0) is 16.5. The van der Waals surface area contributed by atoms with E-state index in [0.717, 1.165) is 12.1 Å². The Bertz CT molecular complexity index is 908. The minimum Gasteiger partial charge on any atom is -0.744 e. The molecule has 0 aliphatic carbocycles. The molecule has 0 aromatic heterocycles. The van der Waals surface area contributed by atoms with Crippen molar-refractivity contribution in [1.82, 2.24) is 0 Å². The van der Waals surface area contributed by atoms with Crippen LogP contribution < -0.4 is 4.18 Å². The summed E-state index contributed by atoms with van der Waals surface area (Å²) in [7, 11) is -9.40. The number of hydrogen-bond acceptors (Lipinski definition) is 6. The monoisotopic (exact) mass is 381 g/mol. The van der Waals surface area contributed by atoms with Crippen LogP contribution in [0.2, 0.25) is 10.0 Å². The molecule has 2 aromatic carbocycles. The van der Waals surface area contributed by atoms with Gasteiger partial charge in [0, 0.05) is 5.02 Å². The van der Waals surface area contributed by atoms with Crippen LogP contribution in [0.25, 0.3) is 0 Å². The Labute approximate surface area is 137 Å². The van der Waals surface area contributed by atoms with Gasteiger partial charge < -0.3 is 8.74 Å². The van der Waals surface area contributed by atoms with Crippen LogP contribution in [0.3, 0.4) is 0 Å². The Kier molecular flexibility index (Phi) is 4.69. The fourth-order valence-corrected chi connectivity index (χ4v) is 3.94. The van der Waals surface area contributed by atoms with Crippen LogP contribution in [0.1, 0.15) is 0 Å². The summed E-state index contributed by atoms with van der Waals surface area (Å²) in [5.74, 6) is -0.787. The van der Waals surface area contributed by atoms with Crippen LogP contribution in [0.15, 0.2) is 52.3 Å². The molecule has 0 atom stereocenters. The first-order valence-electron chi connectivity index (χ1n) is 5.56. The first kappa shape index (κ1) is 17.0. The summed E-state index contributed by atoms with van der Waals surface area (Å²) >= 11 is 11.4. The lowest BCUT2D eigenvalue weighted by Crippen LogP contribution is -2.13. The maximum Gasteiger partial charge on any atom is 0.339 e. The lowest BCUT2D eigenvalue weighted by Gasteiger charge is -2.15. The molecule has 2 rings (SSSR count). The Balaban J connectivity index is 2.60. The maximum atomic E-state index is 12.1. The van der Waals surface area contributed by atoms with Gasteiger partial charge in [-0.05, 0) is 24.3 Å². The summed E-state index contributed by atoms with van der Waals surface area (Å²) < 4.78 is 62.6.